The van der Waals surface area contributed by atoms with Crippen LogP contribution in [0.1, 0.15) is 0 Å². The van der Waals surface area contributed by atoms with Crippen LogP contribution in [-0.4, -0.2) is 32.8 Å². The molecule has 116 valence electrons. The Morgan fingerprint density at radius 1 is 1.18 bits per heavy atom. The van der Waals surface area contributed by atoms with E-state index >= 15 is 0 Å². The first kappa shape index (κ1) is 15.9. The molecule has 0 bridgehead atoms. The molecule has 2 rings (SSSR count). The highest BCUT2D eigenvalue weighted by atomic mass is 32.2. The van der Waals surface area contributed by atoms with Crippen LogP contribution < -0.4 is 4.90 Å². The van der Waals surface area contributed by atoms with Gasteiger partial charge in [0.2, 0.25) is 0 Å². The van der Waals surface area contributed by atoms with E-state index in [0.717, 1.165) is 17.0 Å². The average molecular weight is 320 g/mol. The Hall–Kier alpha value is -2.45. The smallest absolute Gasteiger partial charge is 0.299 e. The first-order valence-electron chi connectivity index (χ1n) is 6.38. The van der Waals surface area contributed by atoms with Gasteiger partial charge in [0.25, 0.3) is 10.0 Å². The van der Waals surface area contributed by atoms with Crippen LogP contribution in [-0.2, 0) is 10.0 Å². The molecule has 0 fully saturated rings. The normalized spacial score (nSPS) is 16.7. The Morgan fingerprint density at radius 3 is 2.45 bits per heavy atom. The number of rotatable bonds is 4. The Kier molecular flexibility index (Phi) is 4.74. The van der Waals surface area contributed by atoms with Crippen molar-refractivity contribution in [3.63, 3.8) is 0 Å². The second kappa shape index (κ2) is 6.54. The fraction of sp³-hybridized carbons (Fsp3) is 0.143. The van der Waals surface area contributed by atoms with Crippen molar-refractivity contribution in [2.24, 2.45) is 9.63 Å². The highest BCUT2D eigenvalue weighted by Crippen LogP contribution is 2.18. The van der Waals surface area contributed by atoms with E-state index in [1.165, 1.54) is 18.3 Å². The maximum absolute atomic E-state index is 12.0. The van der Waals surface area contributed by atoms with Gasteiger partial charge in [0.05, 0.1) is 16.8 Å². The molecule has 0 radical (unpaired) electrons. The molecule has 0 spiro atoms. The molecule has 1 aromatic rings. The number of benzene rings is 1. The average Bonchev–Trinajstić information content (AvgIpc) is 2.49. The van der Waals surface area contributed by atoms with Crippen molar-refractivity contribution in [1.82, 2.24) is 5.06 Å². The van der Waals surface area contributed by atoms with Gasteiger partial charge in [-0.05, 0) is 36.4 Å². The molecule has 0 aliphatic carbocycles. The van der Waals surface area contributed by atoms with Crippen molar-refractivity contribution < 1.29 is 13.6 Å². The van der Waals surface area contributed by atoms with Gasteiger partial charge in [-0.3, -0.25) is 5.21 Å². The number of sulfonamides is 1. The summed E-state index contributed by atoms with van der Waals surface area (Å²) < 4.78 is 27.4. The van der Waals surface area contributed by atoms with Gasteiger partial charge in [0.15, 0.2) is 0 Å². The molecular weight excluding hydrogens is 304 g/mol. The molecule has 1 aliphatic rings. The minimum Gasteiger partial charge on any atom is -0.378 e. The number of anilines is 1. The van der Waals surface area contributed by atoms with E-state index in [1.807, 2.05) is 19.0 Å². The summed E-state index contributed by atoms with van der Waals surface area (Å²) in [5, 5.41) is 13.8. The maximum atomic E-state index is 12.0. The predicted molar refractivity (Wildman–Crippen MR) is 82.8 cm³/mol. The van der Waals surface area contributed by atoms with Crippen molar-refractivity contribution in [3.8, 4) is 0 Å². The molecule has 7 nitrogen and oxygen atoms in total. The van der Waals surface area contributed by atoms with Crippen molar-refractivity contribution in [2.45, 2.75) is 4.90 Å². The van der Waals surface area contributed by atoms with Crippen LogP contribution >= 0.6 is 0 Å². The first-order chi connectivity index (χ1) is 10.4. The van der Waals surface area contributed by atoms with Crippen LogP contribution in [0.4, 0.5) is 5.69 Å². The number of allylic oxidation sites excluding steroid dienone is 3. The molecule has 0 atom stereocenters. The molecule has 22 heavy (non-hydrogen) atoms. The standard InChI is InChI=1S/C14H16N4O3S/c1-17(2)12-6-8-14(9-7-12)22(20,21)16-15-11-13-5-3-4-10-18(13)19/h3-11,19H,1-2H3/b13-11+,16-15?. The lowest BCUT2D eigenvalue weighted by Crippen LogP contribution is -2.10. The molecule has 0 aromatic heterocycles. The second-order valence-corrected chi connectivity index (χ2v) is 6.24. The highest BCUT2D eigenvalue weighted by Gasteiger charge is 2.12. The summed E-state index contributed by atoms with van der Waals surface area (Å²) in [7, 11) is -0.142. The fourth-order valence-electron chi connectivity index (χ4n) is 1.66. The van der Waals surface area contributed by atoms with Crippen LogP contribution in [0.5, 0.6) is 0 Å². The van der Waals surface area contributed by atoms with Crippen LogP contribution in [0.25, 0.3) is 0 Å². The van der Waals surface area contributed by atoms with Gasteiger partial charge < -0.3 is 4.90 Å². The minimum absolute atomic E-state index is 0.0557. The number of hydrogen-bond acceptors (Lipinski definition) is 6. The number of hydroxylamine groups is 2. The molecule has 0 amide bonds. The van der Waals surface area contributed by atoms with Crippen molar-refractivity contribution in [3.05, 3.63) is 60.6 Å². The summed E-state index contributed by atoms with van der Waals surface area (Å²) in [5.41, 5.74) is 1.19. The Balaban J connectivity index is 2.17. The lowest BCUT2D eigenvalue weighted by molar-refractivity contribution is -0.000512. The summed E-state index contributed by atoms with van der Waals surface area (Å²) in [5.74, 6) is 0. The third-order valence-electron chi connectivity index (χ3n) is 2.87. The SMILES string of the molecule is CN(C)c1ccc(S(=O)(=O)N=N/C=C2\C=CC=CN2O)cc1. The molecular formula is C14H16N4O3S. The van der Waals surface area contributed by atoms with E-state index < -0.39 is 10.0 Å². The highest BCUT2D eigenvalue weighted by molar-refractivity contribution is 7.90. The van der Waals surface area contributed by atoms with Crippen LogP contribution in [0.3, 0.4) is 0 Å². The zero-order valence-electron chi connectivity index (χ0n) is 12.2. The Labute approximate surface area is 129 Å². The summed E-state index contributed by atoms with van der Waals surface area (Å²) in [6, 6.07) is 6.31. The van der Waals surface area contributed by atoms with Gasteiger partial charge in [0, 0.05) is 26.0 Å². The fourth-order valence-corrected chi connectivity index (χ4v) is 2.40. The molecule has 0 unspecified atom stereocenters. The second-order valence-electron chi connectivity index (χ2n) is 4.66. The van der Waals surface area contributed by atoms with Crippen molar-refractivity contribution in [1.29, 1.82) is 0 Å². The molecule has 1 aliphatic heterocycles. The largest absolute Gasteiger partial charge is 0.378 e. The molecule has 0 saturated carbocycles. The van der Waals surface area contributed by atoms with E-state index in [-0.39, 0.29) is 4.90 Å². The number of hydrogen-bond donors (Lipinski definition) is 1. The quantitative estimate of drug-likeness (QED) is 0.862. The van der Waals surface area contributed by atoms with Gasteiger partial charge in [-0.1, -0.05) is 10.6 Å². The van der Waals surface area contributed by atoms with Gasteiger partial charge in [0.1, 0.15) is 0 Å². The summed E-state index contributed by atoms with van der Waals surface area (Å²) in [6.07, 6.45) is 7.43. The van der Waals surface area contributed by atoms with Crippen molar-refractivity contribution >= 4 is 15.7 Å². The molecule has 1 N–H and O–H groups in total. The Morgan fingerprint density at radius 2 is 1.86 bits per heavy atom. The van der Waals surface area contributed by atoms with Gasteiger partial charge in [-0.2, -0.15) is 8.42 Å². The molecule has 0 saturated heterocycles. The van der Waals surface area contributed by atoms with Crippen LogP contribution in [0.15, 0.2) is 75.1 Å². The monoisotopic (exact) mass is 320 g/mol. The number of nitrogens with zero attached hydrogens (tertiary/aromatic N) is 4. The molecule has 1 aromatic carbocycles. The van der Waals surface area contributed by atoms with E-state index in [4.69, 9.17) is 0 Å². The minimum atomic E-state index is -3.87. The summed E-state index contributed by atoms with van der Waals surface area (Å²) in [4.78, 5) is 1.92. The molecule has 1 heterocycles. The van der Waals surface area contributed by atoms with E-state index in [9.17, 15) is 13.6 Å². The first-order valence-corrected chi connectivity index (χ1v) is 7.82. The summed E-state index contributed by atoms with van der Waals surface area (Å²) in [6.45, 7) is 0. The van der Waals surface area contributed by atoms with E-state index in [0.29, 0.717) is 5.70 Å². The van der Waals surface area contributed by atoms with E-state index in [1.54, 1.807) is 30.4 Å². The van der Waals surface area contributed by atoms with Crippen LogP contribution in [0.2, 0.25) is 0 Å². The van der Waals surface area contributed by atoms with Gasteiger partial charge >= 0.3 is 0 Å². The zero-order chi connectivity index (χ0) is 16.2. The lowest BCUT2D eigenvalue weighted by Gasteiger charge is -2.13. The third kappa shape index (κ3) is 3.80. The zero-order valence-corrected chi connectivity index (χ0v) is 13.0. The van der Waals surface area contributed by atoms with Crippen LogP contribution in [0, 0.1) is 0 Å². The lowest BCUT2D eigenvalue weighted by atomic mass is 10.3. The molecule has 8 heteroatoms. The third-order valence-corrected chi connectivity index (χ3v) is 4.04. The van der Waals surface area contributed by atoms with Gasteiger partial charge in [-0.15, -0.1) is 5.11 Å². The van der Waals surface area contributed by atoms with Crippen molar-refractivity contribution in [2.75, 3.05) is 19.0 Å². The summed E-state index contributed by atoms with van der Waals surface area (Å²) >= 11 is 0. The predicted octanol–water partition coefficient (Wildman–Crippen LogP) is 2.51. The Bertz CT molecular complexity index is 747. The topological polar surface area (TPSA) is 85.6 Å². The van der Waals surface area contributed by atoms with Gasteiger partial charge in [-0.25, -0.2) is 5.06 Å². The van der Waals surface area contributed by atoms with E-state index in [2.05, 4.69) is 9.63 Å². The maximum Gasteiger partial charge on any atom is 0.299 e.